The monoisotopic (exact) mass is 476 g/mol. The standard InChI is InChI=1S/C24H20N4O5S/c29-24(21-15-25-16-28(21)19-4-2-1-3-5-19)26-17-6-8-18(9-7-17)27-34(30,31)20-10-11-22-23(14-20)33-13-12-32-22/h1-11,14-16,27H,12-13H2,(H,26,29). The molecule has 5 rings (SSSR count). The average Bonchev–Trinajstić information content (AvgIpc) is 3.36. The first-order valence-corrected chi connectivity index (χ1v) is 11.9. The number of hydrogen-bond donors (Lipinski definition) is 2. The molecule has 2 N–H and O–H groups in total. The van der Waals surface area contributed by atoms with Gasteiger partial charge in [-0.15, -0.1) is 0 Å². The molecule has 1 amide bonds. The summed E-state index contributed by atoms with van der Waals surface area (Å²) in [6, 6.07) is 20.2. The molecule has 172 valence electrons. The van der Waals surface area contributed by atoms with Crippen molar-refractivity contribution in [2.24, 2.45) is 0 Å². The van der Waals surface area contributed by atoms with E-state index in [9.17, 15) is 13.2 Å². The second-order valence-corrected chi connectivity index (χ2v) is 9.11. The molecule has 1 aromatic heterocycles. The largest absolute Gasteiger partial charge is 0.486 e. The van der Waals surface area contributed by atoms with Crippen LogP contribution in [-0.4, -0.2) is 37.1 Å². The van der Waals surface area contributed by atoms with Gasteiger partial charge in [-0.3, -0.25) is 14.1 Å². The molecule has 1 aliphatic heterocycles. The third kappa shape index (κ3) is 4.44. The van der Waals surface area contributed by atoms with Crippen LogP contribution in [0.4, 0.5) is 11.4 Å². The SMILES string of the molecule is O=C(Nc1ccc(NS(=O)(=O)c2ccc3c(c2)OCCO3)cc1)c1cncn1-c1ccccc1. The molecule has 4 aromatic rings. The van der Waals surface area contributed by atoms with Gasteiger partial charge in [-0.05, 0) is 48.5 Å². The Balaban J connectivity index is 1.28. The summed E-state index contributed by atoms with van der Waals surface area (Å²) in [5.41, 5.74) is 2.04. The summed E-state index contributed by atoms with van der Waals surface area (Å²) in [5, 5.41) is 2.80. The van der Waals surface area contributed by atoms with Crippen LogP contribution in [-0.2, 0) is 10.0 Å². The Kier molecular flexibility index (Phi) is 5.64. The van der Waals surface area contributed by atoms with Crippen molar-refractivity contribution in [1.82, 2.24) is 9.55 Å². The third-order valence-corrected chi connectivity index (χ3v) is 6.50. The van der Waals surface area contributed by atoms with Crippen LogP contribution < -0.4 is 19.5 Å². The summed E-state index contributed by atoms with van der Waals surface area (Å²) >= 11 is 0. The molecule has 0 aliphatic carbocycles. The van der Waals surface area contributed by atoms with Crippen molar-refractivity contribution in [3.63, 3.8) is 0 Å². The van der Waals surface area contributed by atoms with Gasteiger partial charge in [0, 0.05) is 23.1 Å². The molecule has 0 saturated carbocycles. The number of amides is 1. The first-order valence-electron chi connectivity index (χ1n) is 10.4. The Hall–Kier alpha value is -4.31. The lowest BCUT2D eigenvalue weighted by molar-refractivity contribution is 0.102. The molecule has 10 heteroatoms. The van der Waals surface area contributed by atoms with Crippen LogP contribution in [0.2, 0.25) is 0 Å². The van der Waals surface area contributed by atoms with Gasteiger partial charge < -0.3 is 14.8 Å². The predicted octanol–water partition coefficient (Wildman–Crippen LogP) is 3.70. The summed E-state index contributed by atoms with van der Waals surface area (Å²) in [7, 11) is -3.84. The van der Waals surface area contributed by atoms with E-state index in [4.69, 9.17) is 9.47 Å². The number of fused-ring (bicyclic) bond motifs is 1. The van der Waals surface area contributed by atoms with Crippen LogP contribution in [0.1, 0.15) is 10.5 Å². The van der Waals surface area contributed by atoms with Gasteiger partial charge in [0.15, 0.2) is 11.5 Å². The number of nitrogens with zero attached hydrogens (tertiary/aromatic N) is 2. The maximum absolute atomic E-state index is 12.8. The number of para-hydroxylation sites is 1. The highest BCUT2D eigenvalue weighted by Gasteiger charge is 2.20. The first-order chi connectivity index (χ1) is 16.5. The smallest absolute Gasteiger partial charge is 0.274 e. The number of carbonyl (C=O) groups is 1. The van der Waals surface area contributed by atoms with Gasteiger partial charge in [0.2, 0.25) is 0 Å². The van der Waals surface area contributed by atoms with Gasteiger partial charge in [-0.1, -0.05) is 18.2 Å². The summed E-state index contributed by atoms with van der Waals surface area (Å²) in [5.74, 6) is 0.562. The van der Waals surface area contributed by atoms with Crippen molar-refractivity contribution in [2.45, 2.75) is 4.90 Å². The van der Waals surface area contributed by atoms with Crippen LogP contribution >= 0.6 is 0 Å². The number of benzene rings is 3. The average molecular weight is 477 g/mol. The summed E-state index contributed by atoms with van der Waals surface area (Å²) in [6.45, 7) is 0.790. The second-order valence-electron chi connectivity index (χ2n) is 7.43. The Morgan fingerprint density at radius 2 is 1.59 bits per heavy atom. The number of anilines is 2. The topological polar surface area (TPSA) is 112 Å². The molecule has 0 bridgehead atoms. The zero-order chi connectivity index (χ0) is 23.5. The summed E-state index contributed by atoms with van der Waals surface area (Å²) in [6.07, 6.45) is 3.05. The molecule has 1 aliphatic rings. The van der Waals surface area contributed by atoms with Crippen molar-refractivity contribution in [3.8, 4) is 17.2 Å². The van der Waals surface area contributed by atoms with Crippen LogP contribution in [0.25, 0.3) is 5.69 Å². The van der Waals surface area contributed by atoms with Crippen LogP contribution in [0.15, 0.2) is 90.2 Å². The van der Waals surface area contributed by atoms with Crippen LogP contribution in [0.5, 0.6) is 11.5 Å². The van der Waals surface area contributed by atoms with Crippen molar-refractivity contribution >= 4 is 27.3 Å². The van der Waals surface area contributed by atoms with E-state index in [0.717, 1.165) is 5.69 Å². The highest BCUT2D eigenvalue weighted by Crippen LogP contribution is 2.32. The lowest BCUT2D eigenvalue weighted by Crippen LogP contribution is -2.17. The number of hydrogen-bond acceptors (Lipinski definition) is 6. The molecule has 0 unspecified atom stereocenters. The number of sulfonamides is 1. The van der Waals surface area contributed by atoms with Crippen LogP contribution in [0.3, 0.4) is 0 Å². The zero-order valence-electron chi connectivity index (χ0n) is 17.8. The van der Waals surface area contributed by atoms with Crippen LogP contribution in [0, 0.1) is 0 Å². The van der Waals surface area contributed by atoms with E-state index < -0.39 is 10.0 Å². The van der Waals surface area contributed by atoms with E-state index in [2.05, 4.69) is 15.0 Å². The molecular weight excluding hydrogens is 456 g/mol. The summed E-state index contributed by atoms with van der Waals surface area (Å²) in [4.78, 5) is 16.9. The molecular formula is C24H20N4O5S. The maximum Gasteiger partial charge on any atom is 0.274 e. The fourth-order valence-corrected chi connectivity index (χ4v) is 4.55. The van der Waals surface area contributed by atoms with Gasteiger partial charge in [-0.25, -0.2) is 13.4 Å². The Labute approximate surface area is 196 Å². The van der Waals surface area contributed by atoms with E-state index >= 15 is 0 Å². The van der Waals surface area contributed by atoms with Crippen molar-refractivity contribution in [2.75, 3.05) is 23.3 Å². The fraction of sp³-hybridized carbons (Fsp3) is 0.0833. The molecule has 34 heavy (non-hydrogen) atoms. The molecule has 2 heterocycles. The number of rotatable bonds is 6. The maximum atomic E-state index is 12.8. The Bertz CT molecular complexity index is 1430. The minimum absolute atomic E-state index is 0.0586. The predicted molar refractivity (Wildman–Crippen MR) is 126 cm³/mol. The molecule has 0 atom stereocenters. The van der Waals surface area contributed by atoms with E-state index in [1.165, 1.54) is 18.3 Å². The van der Waals surface area contributed by atoms with Crippen molar-refractivity contribution < 1.29 is 22.7 Å². The number of carbonyl (C=O) groups excluding carboxylic acids is 1. The van der Waals surface area contributed by atoms with Gasteiger partial charge in [0.1, 0.15) is 18.9 Å². The van der Waals surface area contributed by atoms with Gasteiger partial charge >= 0.3 is 0 Å². The minimum Gasteiger partial charge on any atom is -0.486 e. The lowest BCUT2D eigenvalue weighted by atomic mass is 10.2. The van der Waals surface area contributed by atoms with Gasteiger partial charge in [0.05, 0.1) is 17.4 Å². The number of aromatic nitrogens is 2. The number of ether oxygens (including phenoxy) is 2. The van der Waals surface area contributed by atoms with E-state index in [0.29, 0.717) is 41.8 Å². The van der Waals surface area contributed by atoms with Crippen molar-refractivity contribution in [1.29, 1.82) is 0 Å². The lowest BCUT2D eigenvalue weighted by Gasteiger charge is -2.19. The zero-order valence-corrected chi connectivity index (χ0v) is 18.7. The highest BCUT2D eigenvalue weighted by atomic mass is 32.2. The quantitative estimate of drug-likeness (QED) is 0.439. The third-order valence-electron chi connectivity index (χ3n) is 5.12. The molecule has 0 fully saturated rings. The molecule has 0 radical (unpaired) electrons. The molecule has 9 nitrogen and oxygen atoms in total. The Morgan fingerprint density at radius 1 is 0.882 bits per heavy atom. The normalized spacial score (nSPS) is 12.7. The summed E-state index contributed by atoms with van der Waals surface area (Å²) < 4.78 is 40.7. The van der Waals surface area contributed by atoms with E-state index in [1.54, 1.807) is 41.2 Å². The molecule has 3 aromatic carbocycles. The number of nitrogens with one attached hydrogen (secondary N) is 2. The highest BCUT2D eigenvalue weighted by molar-refractivity contribution is 7.92. The molecule has 0 saturated heterocycles. The first kappa shape index (κ1) is 21.5. The van der Waals surface area contributed by atoms with Gasteiger partial charge in [-0.2, -0.15) is 0 Å². The molecule has 0 spiro atoms. The van der Waals surface area contributed by atoms with Crippen molar-refractivity contribution in [3.05, 3.63) is 91.0 Å². The second kappa shape index (κ2) is 8.91. The van der Waals surface area contributed by atoms with E-state index in [1.807, 2.05) is 30.3 Å². The van der Waals surface area contributed by atoms with E-state index in [-0.39, 0.29) is 10.8 Å². The Morgan fingerprint density at radius 3 is 2.35 bits per heavy atom. The van der Waals surface area contributed by atoms with Gasteiger partial charge in [0.25, 0.3) is 15.9 Å². The minimum atomic E-state index is -3.84. The number of imidazole rings is 1. The fourth-order valence-electron chi connectivity index (χ4n) is 3.48.